The maximum absolute atomic E-state index is 13.2. The Morgan fingerprint density at radius 1 is 0.870 bits per heavy atom. The van der Waals surface area contributed by atoms with Crippen molar-refractivity contribution in [2.24, 2.45) is 0 Å². The Kier molecular flexibility index (Phi) is 3.15. The number of hydrogen-bond donors (Lipinski definition) is 0. The number of hydrogen-bond acceptors (Lipinski definition) is 2. The minimum Gasteiger partial charge on any atom is -0.228 e. The molecule has 0 amide bonds. The molecule has 0 saturated carbocycles. The van der Waals surface area contributed by atoms with Crippen LogP contribution in [-0.2, 0) is 0 Å². The zero-order valence-electron chi connectivity index (χ0n) is 12.6. The van der Waals surface area contributed by atoms with Crippen LogP contribution in [0.4, 0.5) is 4.39 Å². The highest BCUT2D eigenvalue weighted by Crippen LogP contribution is 2.26. The van der Waals surface area contributed by atoms with Crippen LogP contribution in [0.1, 0.15) is 5.69 Å². The Balaban J connectivity index is 1.99. The summed E-state index contributed by atoms with van der Waals surface area (Å²) in [5.41, 5.74) is 5.38. The normalized spacial score (nSPS) is 11.0. The molecule has 0 aliphatic rings. The van der Waals surface area contributed by atoms with Gasteiger partial charge in [-0.3, -0.25) is 0 Å². The molecule has 112 valence electrons. The second kappa shape index (κ2) is 5.32. The first kappa shape index (κ1) is 13.6. The zero-order valence-corrected chi connectivity index (χ0v) is 12.6. The molecule has 2 aromatic heterocycles. The number of halogens is 1. The second-order valence-electron chi connectivity index (χ2n) is 5.46. The molecule has 2 heterocycles. The van der Waals surface area contributed by atoms with E-state index in [0.29, 0.717) is 0 Å². The summed E-state index contributed by atoms with van der Waals surface area (Å²) in [5.74, 6) is -0.251. The van der Waals surface area contributed by atoms with Crippen LogP contribution in [-0.4, -0.2) is 14.6 Å². The highest BCUT2D eigenvalue weighted by molar-refractivity contribution is 5.71. The fraction of sp³-hybridized carbons (Fsp3) is 0.0526. The van der Waals surface area contributed by atoms with Gasteiger partial charge in [0.15, 0.2) is 5.65 Å². The van der Waals surface area contributed by atoms with Crippen LogP contribution in [0.15, 0.2) is 66.7 Å². The smallest absolute Gasteiger partial charge is 0.156 e. The predicted molar refractivity (Wildman–Crippen MR) is 88.6 cm³/mol. The van der Waals surface area contributed by atoms with Crippen molar-refractivity contribution in [2.75, 3.05) is 0 Å². The molecule has 23 heavy (non-hydrogen) atoms. The molecule has 0 N–H and O–H groups in total. The van der Waals surface area contributed by atoms with E-state index in [1.54, 1.807) is 16.6 Å². The van der Waals surface area contributed by atoms with Gasteiger partial charge in [0.2, 0.25) is 0 Å². The van der Waals surface area contributed by atoms with Crippen LogP contribution in [0.5, 0.6) is 0 Å². The third-order valence-corrected chi connectivity index (χ3v) is 3.76. The highest BCUT2D eigenvalue weighted by atomic mass is 19.1. The molecule has 0 aliphatic heterocycles. The molecule has 0 spiro atoms. The van der Waals surface area contributed by atoms with Gasteiger partial charge in [-0.1, -0.05) is 30.3 Å². The monoisotopic (exact) mass is 303 g/mol. The summed E-state index contributed by atoms with van der Waals surface area (Å²) in [6.45, 7) is 1.94. The highest BCUT2D eigenvalue weighted by Gasteiger charge is 2.11. The molecule has 0 fully saturated rings. The fourth-order valence-electron chi connectivity index (χ4n) is 2.67. The summed E-state index contributed by atoms with van der Waals surface area (Å²) in [6.07, 6.45) is 0. The van der Waals surface area contributed by atoms with Crippen molar-refractivity contribution in [3.8, 4) is 22.5 Å². The lowest BCUT2D eigenvalue weighted by Gasteiger charge is -2.08. The van der Waals surface area contributed by atoms with E-state index in [1.165, 1.54) is 12.1 Å². The number of aromatic nitrogens is 3. The maximum Gasteiger partial charge on any atom is 0.156 e. The lowest BCUT2D eigenvalue weighted by atomic mass is 10.1. The van der Waals surface area contributed by atoms with E-state index >= 15 is 0 Å². The summed E-state index contributed by atoms with van der Waals surface area (Å²) in [7, 11) is 0. The van der Waals surface area contributed by atoms with Gasteiger partial charge in [-0.05, 0) is 37.3 Å². The van der Waals surface area contributed by atoms with Crippen LogP contribution >= 0.6 is 0 Å². The Bertz CT molecular complexity index is 973. The Labute approximate surface area is 133 Å². The minimum absolute atomic E-state index is 0.251. The van der Waals surface area contributed by atoms with Gasteiger partial charge in [0.1, 0.15) is 5.82 Å². The van der Waals surface area contributed by atoms with Crippen LogP contribution in [0.3, 0.4) is 0 Å². The molecular formula is C19H14FN3. The lowest BCUT2D eigenvalue weighted by Crippen LogP contribution is -1.98. The topological polar surface area (TPSA) is 30.2 Å². The standard InChI is InChI=1S/C19H14FN3/c1-13-11-19-21-17(14-5-3-2-4-6-14)12-18(23(19)22-13)15-7-9-16(20)10-8-15/h2-12H,1H3. The quantitative estimate of drug-likeness (QED) is 0.545. The summed E-state index contributed by atoms with van der Waals surface area (Å²) in [5, 5.41) is 4.51. The number of aryl methyl sites for hydroxylation is 1. The maximum atomic E-state index is 13.2. The van der Waals surface area contributed by atoms with Crippen LogP contribution < -0.4 is 0 Å². The first-order chi connectivity index (χ1) is 11.2. The molecule has 0 radical (unpaired) electrons. The van der Waals surface area contributed by atoms with E-state index in [0.717, 1.165) is 33.9 Å². The van der Waals surface area contributed by atoms with Gasteiger partial charge in [0.25, 0.3) is 0 Å². The average Bonchev–Trinajstić information content (AvgIpc) is 2.96. The van der Waals surface area contributed by atoms with Crippen molar-refractivity contribution < 1.29 is 4.39 Å². The van der Waals surface area contributed by atoms with Crippen LogP contribution in [0.25, 0.3) is 28.2 Å². The SMILES string of the molecule is Cc1cc2nc(-c3ccccc3)cc(-c3ccc(F)cc3)n2n1. The Morgan fingerprint density at radius 2 is 1.61 bits per heavy atom. The van der Waals surface area contributed by atoms with Crippen molar-refractivity contribution in [3.05, 3.63) is 78.2 Å². The first-order valence-corrected chi connectivity index (χ1v) is 7.39. The van der Waals surface area contributed by atoms with E-state index in [9.17, 15) is 4.39 Å². The molecule has 0 atom stereocenters. The molecule has 4 rings (SSSR count). The predicted octanol–water partition coefficient (Wildman–Crippen LogP) is 4.51. The molecule has 0 aliphatic carbocycles. The van der Waals surface area contributed by atoms with Gasteiger partial charge < -0.3 is 0 Å². The van der Waals surface area contributed by atoms with E-state index in [4.69, 9.17) is 4.98 Å². The van der Waals surface area contributed by atoms with Gasteiger partial charge in [0.05, 0.1) is 17.1 Å². The van der Waals surface area contributed by atoms with Crippen LogP contribution in [0, 0.1) is 12.7 Å². The number of benzene rings is 2. The van der Waals surface area contributed by atoms with Crippen molar-refractivity contribution in [2.45, 2.75) is 6.92 Å². The molecule has 3 nitrogen and oxygen atoms in total. The molecule has 0 unspecified atom stereocenters. The molecule has 4 aromatic rings. The van der Waals surface area contributed by atoms with Crippen molar-refractivity contribution in [1.82, 2.24) is 14.6 Å². The van der Waals surface area contributed by atoms with Gasteiger partial charge in [-0.15, -0.1) is 0 Å². The van der Waals surface area contributed by atoms with Crippen molar-refractivity contribution in [3.63, 3.8) is 0 Å². The van der Waals surface area contributed by atoms with Crippen LogP contribution in [0.2, 0.25) is 0 Å². The summed E-state index contributed by atoms with van der Waals surface area (Å²) in [4.78, 5) is 4.70. The second-order valence-corrected chi connectivity index (χ2v) is 5.46. The van der Waals surface area contributed by atoms with Gasteiger partial charge >= 0.3 is 0 Å². The van der Waals surface area contributed by atoms with Gasteiger partial charge in [0, 0.05) is 17.2 Å². The molecular weight excluding hydrogens is 289 g/mol. The first-order valence-electron chi connectivity index (χ1n) is 7.39. The Hall–Kier alpha value is -3.01. The van der Waals surface area contributed by atoms with Crippen molar-refractivity contribution >= 4 is 5.65 Å². The van der Waals surface area contributed by atoms with E-state index in [2.05, 4.69) is 5.10 Å². The fourth-order valence-corrected chi connectivity index (χ4v) is 2.67. The summed E-state index contributed by atoms with van der Waals surface area (Å²) in [6, 6.07) is 20.4. The van der Waals surface area contributed by atoms with E-state index in [-0.39, 0.29) is 5.82 Å². The summed E-state index contributed by atoms with van der Waals surface area (Å²) < 4.78 is 15.0. The van der Waals surface area contributed by atoms with E-state index in [1.807, 2.05) is 49.4 Å². The minimum atomic E-state index is -0.251. The lowest BCUT2D eigenvalue weighted by molar-refractivity contribution is 0.628. The largest absolute Gasteiger partial charge is 0.228 e. The molecule has 2 aromatic carbocycles. The van der Waals surface area contributed by atoms with E-state index < -0.39 is 0 Å². The number of rotatable bonds is 2. The molecule has 4 heteroatoms. The van der Waals surface area contributed by atoms with Gasteiger partial charge in [-0.25, -0.2) is 13.9 Å². The zero-order chi connectivity index (χ0) is 15.8. The third kappa shape index (κ3) is 2.48. The third-order valence-electron chi connectivity index (χ3n) is 3.76. The Morgan fingerprint density at radius 3 is 2.35 bits per heavy atom. The summed E-state index contributed by atoms with van der Waals surface area (Å²) >= 11 is 0. The molecule has 0 bridgehead atoms. The average molecular weight is 303 g/mol. The van der Waals surface area contributed by atoms with Gasteiger partial charge in [-0.2, -0.15) is 5.10 Å². The number of fused-ring (bicyclic) bond motifs is 1. The molecule has 0 saturated heterocycles. The van der Waals surface area contributed by atoms with Crippen molar-refractivity contribution in [1.29, 1.82) is 0 Å². The number of nitrogens with zero attached hydrogens (tertiary/aromatic N) is 3.